The molecule has 0 saturated heterocycles. The van der Waals surface area contributed by atoms with Crippen molar-refractivity contribution in [1.82, 2.24) is 0 Å². The number of nitrogens with two attached hydrogens (primary N) is 1. The summed E-state index contributed by atoms with van der Waals surface area (Å²) in [4.78, 5) is 0. The molecule has 5 heteroatoms. The van der Waals surface area contributed by atoms with Gasteiger partial charge in [-0.25, -0.2) is 4.39 Å². The van der Waals surface area contributed by atoms with Gasteiger partial charge in [0.25, 0.3) is 0 Å². The molecule has 0 atom stereocenters. The first-order chi connectivity index (χ1) is 10.7. The van der Waals surface area contributed by atoms with Crippen LogP contribution in [0.5, 0.6) is 17.2 Å². The predicted molar refractivity (Wildman–Crippen MR) is 83.1 cm³/mol. The third-order valence-electron chi connectivity index (χ3n) is 3.08. The normalized spacial score (nSPS) is 10.3. The summed E-state index contributed by atoms with van der Waals surface area (Å²) in [5.74, 6) is 1.65. The summed E-state index contributed by atoms with van der Waals surface area (Å²) in [7, 11) is 1.60. The molecule has 4 nitrogen and oxygen atoms in total. The van der Waals surface area contributed by atoms with Crippen LogP contribution in [0.2, 0.25) is 0 Å². The molecular formula is C17H20FNO3. The molecule has 0 aromatic heterocycles. The number of benzene rings is 2. The van der Waals surface area contributed by atoms with E-state index in [4.69, 9.17) is 19.9 Å². The number of halogens is 1. The van der Waals surface area contributed by atoms with Crippen molar-refractivity contribution in [2.75, 3.05) is 26.9 Å². The van der Waals surface area contributed by atoms with E-state index in [2.05, 4.69) is 0 Å². The van der Waals surface area contributed by atoms with Gasteiger partial charge in [0.2, 0.25) is 0 Å². The highest BCUT2D eigenvalue weighted by molar-refractivity contribution is 5.43. The van der Waals surface area contributed by atoms with Gasteiger partial charge >= 0.3 is 0 Å². The Kier molecular flexibility index (Phi) is 6.03. The summed E-state index contributed by atoms with van der Waals surface area (Å²) >= 11 is 0. The van der Waals surface area contributed by atoms with Gasteiger partial charge in [0.1, 0.15) is 24.8 Å². The van der Waals surface area contributed by atoms with Crippen LogP contribution in [0.4, 0.5) is 4.39 Å². The lowest BCUT2D eigenvalue weighted by Gasteiger charge is -2.13. The van der Waals surface area contributed by atoms with E-state index in [0.29, 0.717) is 37.0 Å². The van der Waals surface area contributed by atoms with Gasteiger partial charge < -0.3 is 19.9 Å². The average Bonchev–Trinajstić information content (AvgIpc) is 2.54. The largest absolute Gasteiger partial charge is 0.493 e. The van der Waals surface area contributed by atoms with Gasteiger partial charge in [-0.15, -0.1) is 0 Å². The van der Waals surface area contributed by atoms with Crippen molar-refractivity contribution in [3.63, 3.8) is 0 Å². The third kappa shape index (κ3) is 4.63. The molecule has 0 aliphatic rings. The average molecular weight is 305 g/mol. The minimum Gasteiger partial charge on any atom is -0.493 e. The summed E-state index contributed by atoms with van der Waals surface area (Å²) < 4.78 is 29.2. The first kappa shape index (κ1) is 16.1. The first-order valence-corrected chi connectivity index (χ1v) is 7.11. The lowest BCUT2D eigenvalue weighted by molar-refractivity contribution is 0.211. The molecule has 2 aromatic carbocycles. The summed E-state index contributed by atoms with van der Waals surface area (Å²) in [6, 6.07) is 11.6. The zero-order valence-electron chi connectivity index (χ0n) is 12.5. The van der Waals surface area contributed by atoms with Gasteiger partial charge in [-0.05, 0) is 54.9 Å². The molecule has 0 aliphatic heterocycles. The quantitative estimate of drug-likeness (QED) is 0.762. The molecule has 0 heterocycles. The molecule has 2 N–H and O–H groups in total. The first-order valence-electron chi connectivity index (χ1n) is 7.11. The molecule has 0 spiro atoms. The zero-order chi connectivity index (χ0) is 15.8. The van der Waals surface area contributed by atoms with Gasteiger partial charge in [0.05, 0.1) is 7.11 Å². The SMILES string of the molecule is COc1ccc(CCN)cc1OCCOc1ccc(F)cc1. The minimum absolute atomic E-state index is 0.287. The Hall–Kier alpha value is -2.27. The summed E-state index contributed by atoms with van der Waals surface area (Å²) in [6.07, 6.45) is 0.784. The van der Waals surface area contributed by atoms with Gasteiger partial charge in [-0.3, -0.25) is 0 Å². The van der Waals surface area contributed by atoms with Crippen molar-refractivity contribution < 1.29 is 18.6 Å². The number of hydrogen-bond acceptors (Lipinski definition) is 4. The second-order valence-electron chi connectivity index (χ2n) is 4.67. The van der Waals surface area contributed by atoms with Crippen LogP contribution in [0.15, 0.2) is 42.5 Å². The fraction of sp³-hybridized carbons (Fsp3) is 0.294. The Labute approximate surface area is 129 Å². The Balaban J connectivity index is 1.87. The van der Waals surface area contributed by atoms with E-state index >= 15 is 0 Å². The van der Waals surface area contributed by atoms with Gasteiger partial charge in [-0.2, -0.15) is 0 Å². The standard InChI is InChI=1S/C17H20FNO3/c1-20-16-7-2-13(8-9-19)12-17(16)22-11-10-21-15-5-3-14(18)4-6-15/h2-7,12H,8-11,19H2,1H3. The van der Waals surface area contributed by atoms with Crippen LogP contribution in [0.25, 0.3) is 0 Å². The Morgan fingerprint density at radius 2 is 1.68 bits per heavy atom. The predicted octanol–water partition coefficient (Wildman–Crippen LogP) is 2.79. The van der Waals surface area contributed by atoms with E-state index < -0.39 is 0 Å². The number of rotatable bonds is 8. The maximum atomic E-state index is 12.8. The highest BCUT2D eigenvalue weighted by Crippen LogP contribution is 2.28. The molecule has 0 fully saturated rings. The Bertz CT molecular complexity index is 587. The van der Waals surface area contributed by atoms with Crippen molar-refractivity contribution in [3.05, 3.63) is 53.8 Å². The Morgan fingerprint density at radius 3 is 2.36 bits per heavy atom. The van der Waals surface area contributed by atoms with Crippen LogP contribution in [0.3, 0.4) is 0 Å². The van der Waals surface area contributed by atoms with Crippen LogP contribution in [0, 0.1) is 5.82 Å². The van der Waals surface area contributed by atoms with Gasteiger partial charge in [0.15, 0.2) is 11.5 Å². The number of hydrogen-bond donors (Lipinski definition) is 1. The van der Waals surface area contributed by atoms with E-state index in [1.54, 1.807) is 19.2 Å². The van der Waals surface area contributed by atoms with Crippen LogP contribution in [-0.4, -0.2) is 26.9 Å². The molecule has 0 saturated carbocycles. The van der Waals surface area contributed by atoms with Crippen molar-refractivity contribution >= 4 is 0 Å². The van der Waals surface area contributed by atoms with E-state index in [9.17, 15) is 4.39 Å². The van der Waals surface area contributed by atoms with Crippen molar-refractivity contribution in [2.45, 2.75) is 6.42 Å². The maximum Gasteiger partial charge on any atom is 0.161 e. The van der Waals surface area contributed by atoms with Crippen molar-refractivity contribution in [2.24, 2.45) is 5.73 Å². The van der Waals surface area contributed by atoms with Crippen molar-refractivity contribution in [1.29, 1.82) is 0 Å². The molecule has 0 amide bonds. The van der Waals surface area contributed by atoms with E-state index in [1.165, 1.54) is 12.1 Å². The molecule has 22 heavy (non-hydrogen) atoms. The molecule has 2 aromatic rings. The molecular weight excluding hydrogens is 285 g/mol. The molecule has 118 valence electrons. The highest BCUT2D eigenvalue weighted by Gasteiger charge is 2.06. The fourth-order valence-corrected chi connectivity index (χ4v) is 2.00. The Morgan fingerprint density at radius 1 is 0.955 bits per heavy atom. The lowest BCUT2D eigenvalue weighted by atomic mass is 10.1. The second kappa shape index (κ2) is 8.24. The lowest BCUT2D eigenvalue weighted by Crippen LogP contribution is -2.10. The fourth-order valence-electron chi connectivity index (χ4n) is 2.00. The molecule has 2 rings (SSSR count). The van der Waals surface area contributed by atoms with Gasteiger partial charge in [-0.1, -0.05) is 6.07 Å². The monoisotopic (exact) mass is 305 g/mol. The summed E-state index contributed by atoms with van der Waals surface area (Å²) in [5.41, 5.74) is 6.65. The van der Waals surface area contributed by atoms with E-state index in [-0.39, 0.29) is 5.82 Å². The third-order valence-corrected chi connectivity index (χ3v) is 3.08. The zero-order valence-corrected chi connectivity index (χ0v) is 12.5. The van der Waals surface area contributed by atoms with Crippen molar-refractivity contribution in [3.8, 4) is 17.2 Å². The maximum absolute atomic E-state index is 12.8. The minimum atomic E-state index is -0.287. The van der Waals surface area contributed by atoms with Crippen LogP contribution >= 0.6 is 0 Å². The van der Waals surface area contributed by atoms with E-state index in [1.807, 2.05) is 18.2 Å². The van der Waals surface area contributed by atoms with Gasteiger partial charge in [0, 0.05) is 0 Å². The number of ether oxygens (including phenoxy) is 3. The van der Waals surface area contributed by atoms with E-state index in [0.717, 1.165) is 12.0 Å². The molecule has 0 aliphatic carbocycles. The van der Waals surface area contributed by atoms with Crippen LogP contribution in [-0.2, 0) is 6.42 Å². The molecule has 0 radical (unpaired) electrons. The highest BCUT2D eigenvalue weighted by atomic mass is 19.1. The topological polar surface area (TPSA) is 53.7 Å². The molecule has 0 unspecified atom stereocenters. The smallest absolute Gasteiger partial charge is 0.161 e. The molecule has 0 bridgehead atoms. The summed E-state index contributed by atoms with van der Waals surface area (Å²) in [5, 5.41) is 0. The second-order valence-corrected chi connectivity index (χ2v) is 4.67. The van der Waals surface area contributed by atoms with Crippen LogP contribution in [0.1, 0.15) is 5.56 Å². The summed E-state index contributed by atoms with van der Waals surface area (Å²) in [6.45, 7) is 1.30. The number of methoxy groups -OCH3 is 1. The van der Waals surface area contributed by atoms with Crippen LogP contribution < -0.4 is 19.9 Å².